The Balaban J connectivity index is 1.47. The third-order valence-electron chi connectivity index (χ3n) is 6.47. The molecule has 1 aromatic heterocycles. The average Bonchev–Trinajstić information content (AvgIpc) is 2.74. The van der Waals surface area contributed by atoms with Gasteiger partial charge in [0.15, 0.2) is 0 Å². The van der Waals surface area contributed by atoms with Crippen molar-refractivity contribution in [3.05, 3.63) is 53.7 Å². The van der Waals surface area contributed by atoms with Crippen LogP contribution in [0.1, 0.15) is 95.1 Å². The molecular formula is C26H37N. The minimum Gasteiger partial charge on any atom is -0.256 e. The van der Waals surface area contributed by atoms with E-state index in [0.717, 1.165) is 24.0 Å². The summed E-state index contributed by atoms with van der Waals surface area (Å²) in [6.07, 6.45) is 17.2. The highest BCUT2D eigenvalue weighted by Crippen LogP contribution is 2.38. The van der Waals surface area contributed by atoms with E-state index < -0.39 is 0 Å². The fourth-order valence-corrected chi connectivity index (χ4v) is 4.55. The molecule has 0 saturated heterocycles. The van der Waals surface area contributed by atoms with Crippen LogP contribution in [0, 0.1) is 5.92 Å². The minimum absolute atomic E-state index is 0.769. The normalized spacial score (nSPS) is 19.9. The van der Waals surface area contributed by atoms with Gasteiger partial charge in [0.05, 0.1) is 5.69 Å². The van der Waals surface area contributed by atoms with Gasteiger partial charge < -0.3 is 0 Å². The number of rotatable bonds is 9. The number of aryl methyl sites for hydroxylation is 1. The lowest BCUT2D eigenvalue weighted by atomic mass is 9.77. The number of nitrogens with zero attached hydrogens (tertiary/aromatic N) is 1. The number of aromatic nitrogens is 1. The zero-order valence-corrected chi connectivity index (χ0v) is 17.4. The highest BCUT2D eigenvalue weighted by molar-refractivity contribution is 5.59. The summed E-state index contributed by atoms with van der Waals surface area (Å²) in [6, 6.07) is 13.6. The Morgan fingerprint density at radius 1 is 0.815 bits per heavy atom. The molecule has 0 unspecified atom stereocenters. The molecule has 0 N–H and O–H groups in total. The van der Waals surface area contributed by atoms with Gasteiger partial charge in [0, 0.05) is 11.8 Å². The minimum atomic E-state index is 0.769. The second-order valence-electron chi connectivity index (χ2n) is 8.45. The maximum atomic E-state index is 4.62. The standard InChI is InChI=1S/C26H37N/c1-3-5-6-7-8-9-22-10-13-23(14-11-22)24-15-17-25(18-16-24)26-19-12-21(4-2)20-27-26/h12,15-20,22-23H,3-11,13-14H2,1-2H3. The lowest BCUT2D eigenvalue weighted by Crippen LogP contribution is -2.13. The molecule has 0 spiro atoms. The number of hydrogen-bond acceptors (Lipinski definition) is 1. The first kappa shape index (κ1) is 20.1. The topological polar surface area (TPSA) is 12.9 Å². The average molecular weight is 364 g/mol. The van der Waals surface area contributed by atoms with E-state index in [0.29, 0.717) is 0 Å². The van der Waals surface area contributed by atoms with Crippen LogP contribution in [0.5, 0.6) is 0 Å². The van der Waals surface area contributed by atoms with Crippen molar-refractivity contribution in [3.63, 3.8) is 0 Å². The largest absolute Gasteiger partial charge is 0.256 e. The van der Waals surface area contributed by atoms with Crippen molar-refractivity contribution in [2.45, 2.75) is 90.4 Å². The van der Waals surface area contributed by atoms with Crippen LogP contribution >= 0.6 is 0 Å². The molecule has 0 bridgehead atoms. The number of hydrogen-bond donors (Lipinski definition) is 0. The quantitative estimate of drug-likeness (QED) is 0.412. The molecule has 1 heteroatoms. The van der Waals surface area contributed by atoms with E-state index in [9.17, 15) is 0 Å². The Kier molecular flexibility index (Phi) is 7.93. The van der Waals surface area contributed by atoms with Gasteiger partial charge in [0.2, 0.25) is 0 Å². The van der Waals surface area contributed by atoms with Crippen molar-refractivity contribution < 1.29 is 0 Å². The van der Waals surface area contributed by atoms with Crippen LogP contribution in [0.4, 0.5) is 0 Å². The monoisotopic (exact) mass is 363 g/mol. The summed E-state index contributed by atoms with van der Waals surface area (Å²) in [5.74, 6) is 1.76. The molecule has 0 aliphatic heterocycles. The van der Waals surface area contributed by atoms with Crippen LogP contribution in [-0.4, -0.2) is 4.98 Å². The SMILES string of the molecule is CCCCCCCC1CCC(c2ccc(-c3ccc(CC)cn3)cc2)CC1. The van der Waals surface area contributed by atoms with Crippen molar-refractivity contribution in [2.75, 3.05) is 0 Å². The second-order valence-corrected chi connectivity index (χ2v) is 8.45. The Labute approximate surface area is 166 Å². The molecule has 1 nitrogen and oxygen atoms in total. The van der Waals surface area contributed by atoms with E-state index in [1.54, 1.807) is 0 Å². The van der Waals surface area contributed by atoms with Crippen LogP contribution in [0.25, 0.3) is 11.3 Å². The van der Waals surface area contributed by atoms with Crippen molar-refractivity contribution in [1.29, 1.82) is 0 Å². The van der Waals surface area contributed by atoms with E-state index >= 15 is 0 Å². The van der Waals surface area contributed by atoms with Crippen molar-refractivity contribution in [3.8, 4) is 11.3 Å². The van der Waals surface area contributed by atoms with Crippen LogP contribution in [0.3, 0.4) is 0 Å². The lowest BCUT2D eigenvalue weighted by molar-refractivity contribution is 0.302. The number of pyridine rings is 1. The molecular weight excluding hydrogens is 326 g/mol. The molecule has 2 aromatic rings. The van der Waals surface area contributed by atoms with Crippen LogP contribution < -0.4 is 0 Å². The number of benzene rings is 1. The molecule has 0 amide bonds. The molecule has 1 fully saturated rings. The summed E-state index contributed by atoms with van der Waals surface area (Å²) < 4.78 is 0. The maximum absolute atomic E-state index is 4.62. The lowest BCUT2D eigenvalue weighted by Gasteiger charge is -2.29. The van der Waals surface area contributed by atoms with Crippen LogP contribution in [0.2, 0.25) is 0 Å². The Bertz CT molecular complexity index is 648. The summed E-state index contributed by atoms with van der Waals surface area (Å²) in [5.41, 5.74) is 5.16. The van der Waals surface area contributed by atoms with E-state index in [2.05, 4.69) is 55.2 Å². The highest BCUT2D eigenvalue weighted by Gasteiger charge is 2.22. The molecule has 3 rings (SSSR count). The first-order chi connectivity index (χ1) is 13.3. The molecule has 1 aromatic carbocycles. The summed E-state index contributed by atoms with van der Waals surface area (Å²) in [4.78, 5) is 4.62. The van der Waals surface area contributed by atoms with Crippen LogP contribution in [0.15, 0.2) is 42.6 Å². The van der Waals surface area contributed by atoms with Gasteiger partial charge in [-0.1, -0.05) is 82.7 Å². The van der Waals surface area contributed by atoms with E-state index in [4.69, 9.17) is 0 Å². The van der Waals surface area contributed by atoms with Gasteiger partial charge in [-0.25, -0.2) is 0 Å². The zero-order valence-electron chi connectivity index (χ0n) is 17.4. The first-order valence-electron chi connectivity index (χ1n) is 11.4. The van der Waals surface area contributed by atoms with Crippen molar-refractivity contribution >= 4 is 0 Å². The molecule has 146 valence electrons. The molecule has 1 saturated carbocycles. The van der Waals surface area contributed by atoms with Gasteiger partial charge in [-0.2, -0.15) is 0 Å². The van der Waals surface area contributed by atoms with Crippen molar-refractivity contribution in [2.24, 2.45) is 5.92 Å². The maximum Gasteiger partial charge on any atom is 0.0702 e. The molecule has 0 atom stereocenters. The second kappa shape index (κ2) is 10.6. The third kappa shape index (κ3) is 5.92. The smallest absolute Gasteiger partial charge is 0.0702 e. The van der Waals surface area contributed by atoms with Gasteiger partial charge in [-0.05, 0) is 61.1 Å². The number of unbranched alkanes of at least 4 members (excludes halogenated alkanes) is 4. The third-order valence-corrected chi connectivity index (χ3v) is 6.47. The molecule has 27 heavy (non-hydrogen) atoms. The Morgan fingerprint density at radius 3 is 2.19 bits per heavy atom. The predicted octanol–water partition coefficient (Wildman–Crippen LogP) is 7.95. The fourth-order valence-electron chi connectivity index (χ4n) is 4.55. The van der Waals surface area contributed by atoms with Gasteiger partial charge in [-0.3, -0.25) is 4.98 Å². The summed E-state index contributed by atoms with van der Waals surface area (Å²) in [6.45, 7) is 4.47. The summed E-state index contributed by atoms with van der Waals surface area (Å²) in [5, 5.41) is 0. The Hall–Kier alpha value is -1.63. The summed E-state index contributed by atoms with van der Waals surface area (Å²) in [7, 11) is 0. The first-order valence-corrected chi connectivity index (χ1v) is 11.4. The van der Waals surface area contributed by atoms with Gasteiger partial charge in [-0.15, -0.1) is 0 Å². The Morgan fingerprint density at radius 2 is 1.56 bits per heavy atom. The van der Waals surface area contributed by atoms with Gasteiger partial charge in [0.1, 0.15) is 0 Å². The molecule has 1 aliphatic carbocycles. The van der Waals surface area contributed by atoms with E-state index in [1.807, 2.05) is 6.20 Å². The van der Waals surface area contributed by atoms with Crippen LogP contribution in [-0.2, 0) is 6.42 Å². The zero-order chi connectivity index (χ0) is 18.9. The van der Waals surface area contributed by atoms with Gasteiger partial charge >= 0.3 is 0 Å². The highest BCUT2D eigenvalue weighted by atomic mass is 14.7. The fraction of sp³-hybridized carbons (Fsp3) is 0.577. The van der Waals surface area contributed by atoms with E-state index in [1.165, 1.54) is 80.9 Å². The molecule has 0 radical (unpaired) electrons. The predicted molar refractivity (Wildman–Crippen MR) is 117 cm³/mol. The molecule has 1 heterocycles. The van der Waals surface area contributed by atoms with Crippen molar-refractivity contribution in [1.82, 2.24) is 4.98 Å². The van der Waals surface area contributed by atoms with Gasteiger partial charge in [0.25, 0.3) is 0 Å². The summed E-state index contributed by atoms with van der Waals surface area (Å²) >= 11 is 0. The van der Waals surface area contributed by atoms with E-state index in [-0.39, 0.29) is 0 Å². The molecule has 1 aliphatic rings.